The molecule has 1 aliphatic rings. The number of pyridine rings is 2. The van der Waals surface area contributed by atoms with Crippen molar-refractivity contribution in [2.75, 3.05) is 0 Å². The summed E-state index contributed by atoms with van der Waals surface area (Å²) >= 11 is 0. The van der Waals surface area contributed by atoms with E-state index in [0.717, 1.165) is 50.0 Å². The molecule has 0 radical (unpaired) electrons. The van der Waals surface area contributed by atoms with Crippen LogP contribution in [0.2, 0.25) is 0 Å². The van der Waals surface area contributed by atoms with Crippen LogP contribution in [0.1, 0.15) is 18.3 Å². The van der Waals surface area contributed by atoms with E-state index in [2.05, 4.69) is 68.4 Å². The van der Waals surface area contributed by atoms with Gasteiger partial charge in [0, 0.05) is 34.4 Å². The molecule has 2 aromatic heterocycles. The molecule has 1 aliphatic heterocycles. The van der Waals surface area contributed by atoms with Crippen molar-refractivity contribution >= 4 is 33.0 Å². The lowest BCUT2D eigenvalue weighted by Gasteiger charge is -2.22. The van der Waals surface area contributed by atoms with Crippen LogP contribution < -0.4 is 0 Å². The van der Waals surface area contributed by atoms with Gasteiger partial charge in [-0.05, 0) is 48.9 Å². The average Bonchev–Trinajstić information content (AvgIpc) is 2.80. The van der Waals surface area contributed by atoms with Gasteiger partial charge in [-0.25, -0.2) is 9.97 Å². The van der Waals surface area contributed by atoms with Crippen molar-refractivity contribution in [2.24, 2.45) is 0 Å². The van der Waals surface area contributed by atoms with Gasteiger partial charge in [0.1, 0.15) is 0 Å². The van der Waals surface area contributed by atoms with Crippen LogP contribution in [0.5, 0.6) is 0 Å². The number of hydrogen-bond donors (Lipinski definition) is 0. The lowest BCUT2D eigenvalue weighted by atomic mass is 10.1. The van der Waals surface area contributed by atoms with Crippen molar-refractivity contribution in [3.8, 4) is 0 Å². The second kappa shape index (κ2) is 7.45. The number of aromatic nitrogens is 2. The summed E-state index contributed by atoms with van der Waals surface area (Å²) in [6, 6.07) is 24.7. The molecule has 0 N–H and O–H groups in total. The Morgan fingerprint density at radius 3 is 2.23 bits per heavy atom. The summed E-state index contributed by atoms with van der Waals surface area (Å²) in [4.78, 5) is 11.7. The molecule has 3 heterocycles. The van der Waals surface area contributed by atoms with Gasteiger partial charge in [0.05, 0.1) is 22.4 Å². The molecule has 0 unspecified atom stereocenters. The summed E-state index contributed by atoms with van der Waals surface area (Å²) in [7, 11) is 0. The highest BCUT2D eigenvalue weighted by atomic mass is 15.1. The van der Waals surface area contributed by atoms with Crippen molar-refractivity contribution in [1.29, 1.82) is 0 Å². The highest BCUT2D eigenvalue weighted by Gasteiger charge is 2.11. The third kappa shape index (κ3) is 3.42. The standard InChI is InChI=1S/C27H21N3/c1-19(24-15-13-21-7-3-5-9-25(21)28-24)17-30-18-23(12-11-20(30)2)27-16-14-22-8-4-6-10-26(22)29-27/h3-18H,2H2,1H3/b19-17+. The molecule has 30 heavy (non-hydrogen) atoms. The molecule has 144 valence electrons. The number of fused-ring (bicyclic) bond motifs is 2. The number of allylic oxidation sites excluding steroid dienone is 4. The van der Waals surface area contributed by atoms with Gasteiger partial charge in [0.25, 0.3) is 0 Å². The van der Waals surface area contributed by atoms with Crippen molar-refractivity contribution in [3.63, 3.8) is 0 Å². The molecule has 2 aromatic carbocycles. The van der Waals surface area contributed by atoms with E-state index >= 15 is 0 Å². The molecule has 5 rings (SSSR count). The van der Waals surface area contributed by atoms with Crippen LogP contribution in [-0.2, 0) is 0 Å². The highest BCUT2D eigenvalue weighted by molar-refractivity contribution is 5.83. The van der Waals surface area contributed by atoms with E-state index in [4.69, 9.17) is 9.97 Å². The van der Waals surface area contributed by atoms with Crippen molar-refractivity contribution in [1.82, 2.24) is 14.9 Å². The maximum Gasteiger partial charge on any atom is 0.0724 e. The van der Waals surface area contributed by atoms with Crippen LogP contribution in [0, 0.1) is 0 Å². The molecule has 3 nitrogen and oxygen atoms in total. The Morgan fingerprint density at radius 2 is 1.47 bits per heavy atom. The number of para-hydroxylation sites is 2. The first-order valence-electron chi connectivity index (χ1n) is 9.95. The molecule has 3 heteroatoms. The minimum absolute atomic E-state index is 0.902. The fourth-order valence-corrected chi connectivity index (χ4v) is 3.61. The van der Waals surface area contributed by atoms with Gasteiger partial charge < -0.3 is 4.90 Å². The number of rotatable bonds is 3. The Kier molecular flexibility index (Phi) is 4.49. The fraction of sp³-hybridized carbons (Fsp3) is 0.0370. The first-order valence-corrected chi connectivity index (χ1v) is 9.95. The van der Waals surface area contributed by atoms with E-state index in [1.165, 1.54) is 0 Å². The first-order chi connectivity index (χ1) is 14.7. The van der Waals surface area contributed by atoms with Gasteiger partial charge in [0.15, 0.2) is 0 Å². The Balaban J connectivity index is 1.49. The predicted molar refractivity (Wildman–Crippen MR) is 125 cm³/mol. The van der Waals surface area contributed by atoms with Crippen LogP contribution in [0.4, 0.5) is 0 Å². The lowest BCUT2D eigenvalue weighted by Crippen LogP contribution is -2.11. The molecule has 0 atom stereocenters. The molecule has 0 aliphatic carbocycles. The van der Waals surface area contributed by atoms with Crippen LogP contribution in [-0.4, -0.2) is 14.9 Å². The number of benzene rings is 2. The lowest BCUT2D eigenvalue weighted by molar-refractivity contribution is 0.653. The fourth-order valence-electron chi connectivity index (χ4n) is 3.61. The molecule has 0 saturated carbocycles. The summed E-state index contributed by atoms with van der Waals surface area (Å²) < 4.78 is 0. The molecule has 0 fully saturated rings. The molecular weight excluding hydrogens is 366 g/mol. The Morgan fingerprint density at radius 1 is 0.800 bits per heavy atom. The summed E-state index contributed by atoms with van der Waals surface area (Å²) in [5.74, 6) is 0. The zero-order chi connectivity index (χ0) is 20.5. The molecule has 4 aromatic rings. The topological polar surface area (TPSA) is 29.0 Å². The maximum absolute atomic E-state index is 4.82. The minimum atomic E-state index is 0.902. The van der Waals surface area contributed by atoms with Crippen molar-refractivity contribution < 1.29 is 0 Å². The normalized spacial score (nSPS) is 14.4. The van der Waals surface area contributed by atoms with Crippen LogP contribution >= 0.6 is 0 Å². The quantitative estimate of drug-likeness (QED) is 0.398. The minimum Gasteiger partial charge on any atom is -0.323 e. The van der Waals surface area contributed by atoms with Gasteiger partial charge >= 0.3 is 0 Å². The summed E-state index contributed by atoms with van der Waals surface area (Å²) in [6.07, 6.45) is 8.23. The predicted octanol–water partition coefficient (Wildman–Crippen LogP) is 6.57. The molecule has 0 amide bonds. The van der Waals surface area contributed by atoms with E-state index in [9.17, 15) is 0 Å². The van der Waals surface area contributed by atoms with Crippen LogP contribution in [0.3, 0.4) is 0 Å². The second-order valence-electron chi connectivity index (χ2n) is 7.41. The number of nitrogens with zero attached hydrogens (tertiary/aromatic N) is 3. The number of hydrogen-bond acceptors (Lipinski definition) is 3. The van der Waals surface area contributed by atoms with Crippen LogP contribution in [0.15, 0.2) is 110 Å². The zero-order valence-corrected chi connectivity index (χ0v) is 16.8. The Bertz CT molecular complexity index is 1380. The third-order valence-corrected chi connectivity index (χ3v) is 5.29. The highest BCUT2D eigenvalue weighted by Crippen LogP contribution is 2.26. The van der Waals surface area contributed by atoms with Gasteiger partial charge in [0.2, 0.25) is 0 Å². The van der Waals surface area contributed by atoms with Crippen molar-refractivity contribution in [2.45, 2.75) is 6.92 Å². The Labute approximate surface area is 176 Å². The molecule has 0 bridgehead atoms. The zero-order valence-electron chi connectivity index (χ0n) is 16.8. The Hall–Kier alpha value is -3.98. The van der Waals surface area contributed by atoms with Crippen molar-refractivity contribution in [3.05, 3.63) is 121 Å². The van der Waals surface area contributed by atoms with E-state index in [1.807, 2.05) is 47.4 Å². The SMILES string of the molecule is C=C1C=CC(c2ccc3ccccc3n2)=CN1/C=C(\C)c1ccc2ccccc2n1. The summed E-state index contributed by atoms with van der Waals surface area (Å²) in [5.41, 5.74) is 6.90. The third-order valence-electron chi connectivity index (χ3n) is 5.29. The van der Waals surface area contributed by atoms with Crippen LogP contribution in [0.25, 0.3) is 33.0 Å². The first kappa shape index (κ1) is 18.1. The smallest absolute Gasteiger partial charge is 0.0724 e. The van der Waals surface area contributed by atoms with Gasteiger partial charge in [-0.3, -0.25) is 0 Å². The average molecular weight is 387 g/mol. The summed E-state index contributed by atoms with van der Waals surface area (Å²) in [6.45, 7) is 6.25. The van der Waals surface area contributed by atoms with E-state index in [0.29, 0.717) is 0 Å². The maximum atomic E-state index is 4.82. The molecule has 0 saturated heterocycles. The molecule has 0 spiro atoms. The van der Waals surface area contributed by atoms with Gasteiger partial charge in [-0.2, -0.15) is 0 Å². The van der Waals surface area contributed by atoms with Gasteiger partial charge in [-0.15, -0.1) is 0 Å². The summed E-state index contributed by atoms with van der Waals surface area (Å²) in [5, 5.41) is 2.28. The largest absolute Gasteiger partial charge is 0.323 e. The second-order valence-corrected chi connectivity index (χ2v) is 7.41. The van der Waals surface area contributed by atoms with E-state index < -0.39 is 0 Å². The monoisotopic (exact) mass is 387 g/mol. The van der Waals surface area contributed by atoms with Gasteiger partial charge in [-0.1, -0.05) is 55.1 Å². The van der Waals surface area contributed by atoms with E-state index in [-0.39, 0.29) is 0 Å². The molecular formula is C27H21N3. The van der Waals surface area contributed by atoms with E-state index in [1.54, 1.807) is 0 Å².